The van der Waals surface area contributed by atoms with Gasteiger partial charge < -0.3 is 5.73 Å². The van der Waals surface area contributed by atoms with Crippen LogP contribution in [0.15, 0.2) is 53.4 Å². The molecule has 0 fully saturated rings. The number of nitrogens with two attached hydrogens (primary N) is 1. The summed E-state index contributed by atoms with van der Waals surface area (Å²) in [6.07, 6.45) is 0. The molecule has 0 unspecified atom stereocenters. The Labute approximate surface area is 113 Å². The summed E-state index contributed by atoms with van der Waals surface area (Å²) < 4.78 is 25.1. The van der Waals surface area contributed by atoms with Crippen molar-refractivity contribution in [3.8, 4) is 11.1 Å². The van der Waals surface area contributed by atoms with Crippen molar-refractivity contribution in [2.24, 2.45) is 0 Å². The van der Waals surface area contributed by atoms with E-state index in [2.05, 4.69) is 0 Å². The molecule has 0 saturated carbocycles. The third-order valence-corrected chi connectivity index (χ3v) is 4.73. The molecule has 0 aliphatic heterocycles. The number of sulfonamides is 1. The summed E-state index contributed by atoms with van der Waals surface area (Å²) in [5.41, 5.74) is 8.37. The first-order valence-corrected chi connectivity index (χ1v) is 7.24. The van der Waals surface area contributed by atoms with Crippen LogP contribution >= 0.6 is 0 Å². The number of para-hydroxylation sites is 1. The van der Waals surface area contributed by atoms with Gasteiger partial charge in [-0.1, -0.05) is 30.3 Å². The highest BCUT2D eigenvalue weighted by molar-refractivity contribution is 7.89. The molecule has 0 aliphatic carbocycles. The Morgan fingerprint density at radius 3 is 2.05 bits per heavy atom. The van der Waals surface area contributed by atoms with Crippen LogP contribution in [0.3, 0.4) is 0 Å². The molecule has 19 heavy (non-hydrogen) atoms. The Balaban J connectivity index is 2.43. The zero-order chi connectivity index (χ0) is 14.0. The second kappa shape index (κ2) is 5.03. The first-order valence-electron chi connectivity index (χ1n) is 5.80. The van der Waals surface area contributed by atoms with Crippen LogP contribution in [-0.4, -0.2) is 26.8 Å². The monoisotopic (exact) mass is 276 g/mol. The lowest BCUT2D eigenvalue weighted by Crippen LogP contribution is -2.22. The summed E-state index contributed by atoms with van der Waals surface area (Å²) in [4.78, 5) is 0.274. The van der Waals surface area contributed by atoms with E-state index in [9.17, 15) is 8.42 Å². The summed E-state index contributed by atoms with van der Waals surface area (Å²) in [6, 6.07) is 14.2. The number of nitrogen functional groups attached to an aromatic ring is 1. The molecule has 0 spiro atoms. The van der Waals surface area contributed by atoms with Gasteiger partial charge in [0.25, 0.3) is 0 Å². The number of benzene rings is 2. The van der Waals surface area contributed by atoms with E-state index < -0.39 is 10.0 Å². The van der Waals surface area contributed by atoms with Crippen LogP contribution in [0.4, 0.5) is 5.69 Å². The van der Waals surface area contributed by atoms with E-state index in [1.54, 1.807) is 24.3 Å². The SMILES string of the molecule is CN(C)S(=O)(=O)c1ccc(-c2ccccc2N)cc1. The van der Waals surface area contributed by atoms with E-state index in [1.165, 1.54) is 18.4 Å². The summed E-state index contributed by atoms with van der Waals surface area (Å²) in [5, 5.41) is 0. The lowest BCUT2D eigenvalue weighted by molar-refractivity contribution is 0.521. The maximum Gasteiger partial charge on any atom is 0.242 e. The van der Waals surface area contributed by atoms with Crippen LogP contribution in [0.2, 0.25) is 0 Å². The van der Waals surface area contributed by atoms with E-state index >= 15 is 0 Å². The fraction of sp³-hybridized carbons (Fsp3) is 0.143. The normalized spacial score (nSPS) is 11.7. The molecule has 5 heteroatoms. The first kappa shape index (κ1) is 13.6. The van der Waals surface area contributed by atoms with Crippen LogP contribution in [0, 0.1) is 0 Å². The molecule has 2 aromatic carbocycles. The number of hydrogen-bond acceptors (Lipinski definition) is 3. The second-order valence-corrected chi connectivity index (χ2v) is 6.55. The van der Waals surface area contributed by atoms with Gasteiger partial charge in [0.2, 0.25) is 10.0 Å². The maximum atomic E-state index is 11.9. The molecular weight excluding hydrogens is 260 g/mol. The highest BCUT2D eigenvalue weighted by Crippen LogP contribution is 2.26. The number of hydrogen-bond donors (Lipinski definition) is 1. The Morgan fingerprint density at radius 1 is 0.947 bits per heavy atom. The van der Waals surface area contributed by atoms with Gasteiger partial charge in [0.05, 0.1) is 4.90 Å². The predicted molar refractivity (Wildman–Crippen MR) is 77.2 cm³/mol. The molecule has 2 aromatic rings. The largest absolute Gasteiger partial charge is 0.398 e. The van der Waals surface area contributed by atoms with Crippen molar-refractivity contribution >= 4 is 15.7 Å². The molecular formula is C14H16N2O2S. The Hall–Kier alpha value is -1.85. The summed E-state index contributed by atoms with van der Waals surface area (Å²) in [7, 11) is -0.359. The van der Waals surface area contributed by atoms with E-state index in [-0.39, 0.29) is 4.90 Å². The third-order valence-electron chi connectivity index (χ3n) is 2.90. The van der Waals surface area contributed by atoms with Crippen LogP contribution in [-0.2, 0) is 10.0 Å². The van der Waals surface area contributed by atoms with Gasteiger partial charge in [-0.25, -0.2) is 12.7 Å². The lowest BCUT2D eigenvalue weighted by atomic mass is 10.0. The lowest BCUT2D eigenvalue weighted by Gasteiger charge is -2.12. The summed E-state index contributed by atoms with van der Waals surface area (Å²) in [6.45, 7) is 0. The predicted octanol–water partition coefficient (Wildman–Crippen LogP) is 2.19. The highest BCUT2D eigenvalue weighted by atomic mass is 32.2. The van der Waals surface area contributed by atoms with Gasteiger partial charge in [0, 0.05) is 25.3 Å². The first-order chi connectivity index (χ1) is 8.93. The molecule has 2 rings (SSSR count). The molecule has 0 amide bonds. The quantitative estimate of drug-likeness (QED) is 0.874. The zero-order valence-electron chi connectivity index (χ0n) is 10.9. The molecule has 0 aliphatic rings. The van der Waals surface area contributed by atoms with Gasteiger partial charge in [-0.2, -0.15) is 0 Å². The molecule has 0 radical (unpaired) electrons. The second-order valence-electron chi connectivity index (χ2n) is 4.40. The van der Waals surface area contributed by atoms with Crippen molar-refractivity contribution in [1.82, 2.24) is 4.31 Å². The van der Waals surface area contributed by atoms with Gasteiger partial charge in [-0.3, -0.25) is 0 Å². The van der Waals surface area contributed by atoms with Gasteiger partial charge in [-0.05, 0) is 23.8 Å². The minimum atomic E-state index is -3.38. The molecule has 0 atom stereocenters. The molecule has 0 saturated heterocycles. The standard InChI is InChI=1S/C14H16N2O2S/c1-16(2)19(17,18)12-9-7-11(8-10-12)13-5-3-4-6-14(13)15/h3-10H,15H2,1-2H3. The molecule has 4 nitrogen and oxygen atoms in total. The average molecular weight is 276 g/mol. The molecule has 2 N–H and O–H groups in total. The van der Waals surface area contributed by atoms with Crippen molar-refractivity contribution in [2.45, 2.75) is 4.90 Å². The van der Waals surface area contributed by atoms with Crippen molar-refractivity contribution in [3.63, 3.8) is 0 Å². The number of nitrogens with zero attached hydrogens (tertiary/aromatic N) is 1. The van der Waals surface area contributed by atoms with Gasteiger partial charge >= 0.3 is 0 Å². The van der Waals surface area contributed by atoms with Gasteiger partial charge in [0.15, 0.2) is 0 Å². The minimum absolute atomic E-state index is 0.274. The number of anilines is 1. The summed E-state index contributed by atoms with van der Waals surface area (Å²) in [5.74, 6) is 0. The summed E-state index contributed by atoms with van der Waals surface area (Å²) >= 11 is 0. The van der Waals surface area contributed by atoms with Crippen molar-refractivity contribution < 1.29 is 8.42 Å². The molecule has 0 aromatic heterocycles. The Morgan fingerprint density at radius 2 is 1.53 bits per heavy atom. The van der Waals surface area contributed by atoms with Crippen LogP contribution < -0.4 is 5.73 Å². The average Bonchev–Trinajstić information content (AvgIpc) is 2.39. The van der Waals surface area contributed by atoms with E-state index in [0.717, 1.165) is 11.1 Å². The van der Waals surface area contributed by atoms with Gasteiger partial charge in [0.1, 0.15) is 0 Å². The van der Waals surface area contributed by atoms with Crippen LogP contribution in [0.1, 0.15) is 0 Å². The van der Waals surface area contributed by atoms with Crippen LogP contribution in [0.25, 0.3) is 11.1 Å². The fourth-order valence-electron chi connectivity index (χ4n) is 1.78. The van der Waals surface area contributed by atoms with E-state index in [1.807, 2.05) is 24.3 Å². The Kier molecular flexibility index (Phi) is 3.59. The molecule has 0 heterocycles. The molecule has 0 bridgehead atoms. The van der Waals surface area contributed by atoms with Gasteiger partial charge in [-0.15, -0.1) is 0 Å². The minimum Gasteiger partial charge on any atom is -0.398 e. The van der Waals surface area contributed by atoms with Crippen LogP contribution in [0.5, 0.6) is 0 Å². The van der Waals surface area contributed by atoms with E-state index in [4.69, 9.17) is 5.73 Å². The van der Waals surface area contributed by atoms with Crippen molar-refractivity contribution in [3.05, 3.63) is 48.5 Å². The van der Waals surface area contributed by atoms with Crippen molar-refractivity contribution in [1.29, 1.82) is 0 Å². The number of rotatable bonds is 3. The van der Waals surface area contributed by atoms with E-state index in [0.29, 0.717) is 5.69 Å². The Bertz CT molecular complexity index is 677. The molecule has 100 valence electrons. The smallest absolute Gasteiger partial charge is 0.242 e. The topological polar surface area (TPSA) is 63.4 Å². The maximum absolute atomic E-state index is 11.9. The van der Waals surface area contributed by atoms with Crippen molar-refractivity contribution in [2.75, 3.05) is 19.8 Å². The highest BCUT2D eigenvalue weighted by Gasteiger charge is 2.16. The zero-order valence-corrected chi connectivity index (χ0v) is 11.7. The fourth-order valence-corrected chi connectivity index (χ4v) is 2.68. The third kappa shape index (κ3) is 2.62.